The number of ether oxygens (including phenoxy) is 2. The van der Waals surface area contributed by atoms with E-state index >= 15 is 0 Å². The van der Waals surface area contributed by atoms with Gasteiger partial charge < -0.3 is 14.6 Å². The van der Waals surface area contributed by atoms with Crippen LogP contribution >= 0.6 is 0 Å². The van der Waals surface area contributed by atoms with Crippen LogP contribution in [0.3, 0.4) is 0 Å². The predicted octanol–water partition coefficient (Wildman–Crippen LogP) is 4.47. The second kappa shape index (κ2) is 9.75. The Morgan fingerprint density at radius 3 is 2.21 bits per heavy atom. The van der Waals surface area contributed by atoms with E-state index in [1.807, 2.05) is 6.92 Å². The molecule has 2 atom stereocenters. The number of unbranched alkanes of at least 4 members (excludes halogenated alkanes) is 2. The molecule has 4 heteroatoms. The average molecular weight is 411 g/mol. The van der Waals surface area contributed by atoms with Gasteiger partial charge in [-0.25, -0.2) is 0 Å². The molecule has 0 amide bonds. The summed E-state index contributed by atoms with van der Waals surface area (Å²) in [5, 5.41) is 12.1. The minimum absolute atomic E-state index is 0.00453. The molecule has 0 spiro atoms. The van der Waals surface area contributed by atoms with Crippen molar-refractivity contribution in [3.05, 3.63) is 72.5 Å². The maximum absolute atomic E-state index is 9.28. The molecule has 2 unspecified atom stereocenters. The van der Waals surface area contributed by atoms with E-state index in [4.69, 9.17) is 9.47 Å². The van der Waals surface area contributed by atoms with Gasteiger partial charge in [0.25, 0.3) is 0 Å². The van der Waals surface area contributed by atoms with Gasteiger partial charge in [0, 0.05) is 18.9 Å². The number of hydrogen-bond donors (Lipinski definition) is 1. The average Bonchev–Trinajstić information content (AvgIpc) is 3.10. The molecular weight excluding hydrogens is 376 g/mol. The quantitative estimate of drug-likeness (QED) is 0.490. The highest BCUT2D eigenvalue weighted by atomic mass is 28.3. The second-order valence-electron chi connectivity index (χ2n) is 8.25. The van der Waals surface area contributed by atoms with Crippen molar-refractivity contribution in [3.63, 3.8) is 0 Å². The molecule has 1 aliphatic heterocycles. The number of aliphatic hydroxyl groups excluding tert-OH is 1. The minimum atomic E-state index is -2.16. The Balaban J connectivity index is 2.07. The van der Waals surface area contributed by atoms with Crippen LogP contribution in [0.5, 0.6) is 0 Å². The summed E-state index contributed by atoms with van der Waals surface area (Å²) in [4.78, 5) is 0. The van der Waals surface area contributed by atoms with Gasteiger partial charge in [0.2, 0.25) is 5.79 Å². The van der Waals surface area contributed by atoms with E-state index in [9.17, 15) is 5.11 Å². The van der Waals surface area contributed by atoms with Gasteiger partial charge >= 0.3 is 0 Å². The zero-order chi connectivity index (χ0) is 20.7. The zero-order valence-corrected chi connectivity index (χ0v) is 18.9. The molecule has 3 rings (SSSR count). The molecule has 156 valence electrons. The third kappa shape index (κ3) is 4.82. The van der Waals surface area contributed by atoms with Crippen LogP contribution in [0.15, 0.2) is 72.5 Å². The molecule has 1 heterocycles. The lowest BCUT2D eigenvalue weighted by molar-refractivity contribution is -0.186. The van der Waals surface area contributed by atoms with Gasteiger partial charge in [-0.3, -0.25) is 0 Å². The molecule has 1 saturated heterocycles. The summed E-state index contributed by atoms with van der Waals surface area (Å²) >= 11 is 0. The van der Waals surface area contributed by atoms with Crippen LogP contribution in [0.2, 0.25) is 12.1 Å². The smallest absolute Gasteiger partial charge is 0.207 e. The summed E-state index contributed by atoms with van der Waals surface area (Å²) in [5.74, 6) is 0.379. The van der Waals surface area contributed by atoms with Crippen molar-refractivity contribution in [1.82, 2.24) is 0 Å². The fraction of sp³-hybridized carbons (Fsp3) is 0.440. The van der Waals surface area contributed by atoms with Crippen LogP contribution < -0.4 is 10.4 Å². The predicted molar refractivity (Wildman–Crippen MR) is 122 cm³/mol. The molecule has 0 aliphatic carbocycles. The molecule has 2 aromatic rings. The van der Waals surface area contributed by atoms with E-state index in [0.29, 0.717) is 6.61 Å². The van der Waals surface area contributed by atoms with Crippen molar-refractivity contribution < 1.29 is 14.6 Å². The highest BCUT2D eigenvalue weighted by Gasteiger charge is 2.52. The first-order valence-electron chi connectivity index (χ1n) is 10.8. The van der Waals surface area contributed by atoms with Gasteiger partial charge in [0.05, 0.1) is 19.0 Å². The van der Waals surface area contributed by atoms with Crippen molar-refractivity contribution >= 4 is 18.4 Å². The first-order valence-corrected chi connectivity index (χ1v) is 13.4. The zero-order valence-electron chi connectivity index (χ0n) is 17.9. The van der Waals surface area contributed by atoms with E-state index in [-0.39, 0.29) is 12.1 Å². The maximum atomic E-state index is 9.28. The monoisotopic (exact) mass is 410 g/mol. The molecule has 1 N–H and O–H groups in total. The van der Waals surface area contributed by atoms with Gasteiger partial charge in [-0.05, 0) is 18.9 Å². The Bertz CT molecular complexity index is 751. The van der Waals surface area contributed by atoms with E-state index < -0.39 is 13.9 Å². The number of rotatable bonds is 9. The molecule has 1 fully saturated rings. The molecule has 0 bridgehead atoms. The van der Waals surface area contributed by atoms with E-state index in [2.05, 4.69) is 80.2 Å². The van der Waals surface area contributed by atoms with Gasteiger partial charge in [-0.1, -0.05) is 90.9 Å². The van der Waals surface area contributed by atoms with Crippen LogP contribution in [-0.2, 0) is 9.47 Å². The lowest BCUT2D eigenvalue weighted by atomic mass is 10.1. The van der Waals surface area contributed by atoms with Crippen molar-refractivity contribution in [2.75, 3.05) is 13.2 Å². The largest absolute Gasteiger partial charge is 0.467 e. The Morgan fingerprint density at radius 1 is 1.10 bits per heavy atom. The highest BCUT2D eigenvalue weighted by Crippen LogP contribution is 2.47. The molecule has 0 aromatic heterocycles. The van der Waals surface area contributed by atoms with Crippen molar-refractivity contribution in [2.45, 2.75) is 57.4 Å². The van der Waals surface area contributed by atoms with Crippen molar-refractivity contribution in [1.29, 1.82) is 0 Å². The number of hydrogen-bond acceptors (Lipinski definition) is 3. The van der Waals surface area contributed by atoms with Gasteiger partial charge in [-0.15, -0.1) is 0 Å². The number of aliphatic hydroxyl groups is 1. The summed E-state index contributed by atoms with van der Waals surface area (Å²) in [7, 11) is -2.16. The summed E-state index contributed by atoms with van der Waals surface area (Å²) < 4.78 is 12.4. The third-order valence-electron chi connectivity index (χ3n) is 6.10. The number of allylic oxidation sites excluding steroid dienone is 2. The Hall–Kier alpha value is -1.88. The van der Waals surface area contributed by atoms with Crippen molar-refractivity contribution in [2.24, 2.45) is 0 Å². The van der Waals surface area contributed by atoms with Gasteiger partial charge in [0.1, 0.15) is 8.07 Å². The van der Waals surface area contributed by atoms with Crippen LogP contribution in [-0.4, -0.2) is 32.2 Å². The third-order valence-corrected chi connectivity index (χ3v) is 11.0. The molecule has 1 aliphatic rings. The van der Waals surface area contributed by atoms with E-state index in [1.165, 1.54) is 16.8 Å². The summed E-state index contributed by atoms with van der Waals surface area (Å²) in [6.07, 6.45) is 6.43. The Labute approximate surface area is 176 Å². The van der Waals surface area contributed by atoms with Gasteiger partial charge in [-0.2, -0.15) is 0 Å². The van der Waals surface area contributed by atoms with E-state index in [1.54, 1.807) is 0 Å². The normalized spacial score (nSPS) is 23.3. The lowest BCUT2D eigenvalue weighted by Gasteiger charge is -2.34. The second-order valence-corrected chi connectivity index (χ2v) is 12.5. The SMILES string of the molecule is CCCC/C=C1\OC(C)(OCCO)CC1[Si](C)(c1ccccc1)c1ccccc1. The highest BCUT2D eigenvalue weighted by molar-refractivity contribution is 7.02. The first-order chi connectivity index (χ1) is 14.0. The van der Waals surface area contributed by atoms with Crippen LogP contribution in [0.25, 0.3) is 0 Å². The van der Waals surface area contributed by atoms with Crippen LogP contribution in [0.1, 0.15) is 39.5 Å². The molecular formula is C25H34O3Si. The summed E-state index contributed by atoms with van der Waals surface area (Å²) in [6.45, 7) is 6.98. The molecule has 0 saturated carbocycles. The van der Waals surface area contributed by atoms with E-state index in [0.717, 1.165) is 25.0 Å². The molecule has 2 aromatic carbocycles. The van der Waals surface area contributed by atoms with Gasteiger partial charge in [0.15, 0.2) is 0 Å². The minimum Gasteiger partial charge on any atom is -0.467 e. The fourth-order valence-electron chi connectivity index (χ4n) is 4.44. The molecule has 29 heavy (non-hydrogen) atoms. The van der Waals surface area contributed by atoms with Crippen LogP contribution in [0, 0.1) is 0 Å². The standard InChI is InChI=1S/C25H34O3Si/c1-4-5-8-17-23-24(20-25(2,28-23)27-19-18-26)29(3,21-13-9-6-10-14-21)22-15-11-7-12-16-22/h6-7,9-17,24,26H,4-5,8,18-20H2,1-3H3/b23-17-. The topological polar surface area (TPSA) is 38.7 Å². The van der Waals surface area contributed by atoms with Crippen LogP contribution in [0.4, 0.5) is 0 Å². The molecule has 3 nitrogen and oxygen atoms in total. The molecule has 0 radical (unpaired) electrons. The Kier molecular flexibility index (Phi) is 7.33. The number of benzene rings is 2. The van der Waals surface area contributed by atoms with Crippen molar-refractivity contribution in [3.8, 4) is 0 Å². The first kappa shape index (κ1) is 21.8. The summed E-state index contributed by atoms with van der Waals surface area (Å²) in [5.41, 5.74) is 0.285. The lowest BCUT2D eigenvalue weighted by Crippen LogP contribution is -2.59. The maximum Gasteiger partial charge on any atom is 0.207 e. The summed E-state index contributed by atoms with van der Waals surface area (Å²) in [6, 6.07) is 21.8. The fourth-order valence-corrected chi connectivity index (χ4v) is 8.87. The Morgan fingerprint density at radius 2 is 1.69 bits per heavy atom.